The average molecular weight is 345 g/mol. The number of nitrogens with one attached hydrogen (secondary N) is 1. The van der Waals surface area contributed by atoms with Crippen molar-refractivity contribution < 1.29 is 14.3 Å². The molecule has 0 radical (unpaired) electrons. The molecule has 0 aliphatic rings. The molecule has 0 aliphatic heterocycles. The number of rotatable bonds is 8. The molecule has 2 aromatic rings. The van der Waals surface area contributed by atoms with Crippen LogP contribution < -0.4 is 14.8 Å². The molecule has 0 fully saturated rings. The second-order valence-electron chi connectivity index (χ2n) is 5.39. The molecule has 24 heavy (non-hydrogen) atoms. The van der Waals surface area contributed by atoms with Crippen LogP contribution in [0, 0.1) is 13.8 Å². The molecule has 4 nitrogen and oxygen atoms in total. The molecule has 0 heterocycles. The third-order valence-electron chi connectivity index (χ3n) is 3.53. The van der Waals surface area contributed by atoms with Crippen molar-refractivity contribution >= 4 is 23.4 Å². The predicted octanol–water partition coefficient (Wildman–Crippen LogP) is 4.06. The highest BCUT2D eigenvalue weighted by Gasteiger charge is 2.07. The van der Waals surface area contributed by atoms with E-state index in [1.54, 1.807) is 18.9 Å². The molecule has 0 saturated heterocycles. The minimum Gasteiger partial charge on any atom is -0.497 e. The van der Waals surface area contributed by atoms with Crippen molar-refractivity contribution in [1.82, 2.24) is 0 Å². The van der Waals surface area contributed by atoms with Crippen LogP contribution >= 0.6 is 11.8 Å². The summed E-state index contributed by atoms with van der Waals surface area (Å²) >= 11 is 1.56. The molecule has 0 bridgehead atoms. The number of hydrogen-bond acceptors (Lipinski definition) is 4. The van der Waals surface area contributed by atoms with Crippen LogP contribution in [-0.4, -0.2) is 31.1 Å². The standard InChI is InChI=1S/C19H23NO3S/c1-14-5-4-6-15(2)19(14)20-18(21)13-24-12-11-23-17-9-7-16(22-3)8-10-17/h4-10H,11-13H2,1-3H3,(H,20,21). The molecular weight excluding hydrogens is 322 g/mol. The zero-order valence-electron chi connectivity index (χ0n) is 14.3. The number of methoxy groups -OCH3 is 1. The Bertz CT molecular complexity index is 651. The van der Waals surface area contributed by atoms with Gasteiger partial charge in [-0.15, -0.1) is 11.8 Å². The maximum absolute atomic E-state index is 12.0. The number of anilines is 1. The van der Waals surface area contributed by atoms with Gasteiger partial charge >= 0.3 is 0 Å². The Morgan fingerprint density at radius 2 is 1.67 bits per heavy atom. The van der Waals surface area contributed by atoms with Crippen molar-refractivity contribution in [3.8, 4) is 11.5 Å². The SMILES string of the molecule is COc1ccc(OCCSCC(=O)Nc2c(C)cccc2C)cc1. The van der Waals surface area contributed by atoms with Crippen molar-refractivity contribution in [3.63, 3.8) is 0 Å². The minimum absolute atomic E-state index is 0.0156. The third kappa shape index (κ3) is 5.49. The normalized spacial score (nSPS) is 10.3. The summed E-state index contributed by atoms with van der Waals surface area (Å²) in [6.45, 7) is 4.56. The fourth-order valence-electron chi connectivity index (χ4n) is 2.24. The van der Waals surface area contributed by atoms with Crippen molar-refractivity contribution in [3.05, 3.63) is 53.6 Å². The molecule has 1 amide bonds. The van der Waals surface area contributed by atoms with E-state index < -0.39 is 0 Å². The lowest BCUT2D eigenvalue weighted by molar-refractivity contribution is -0.113. The van der Waals surface area contributed by atoms with E-state index in [4.69, 9.17) is 9.47 Å². The molecule has 0 unspecified atom stereocenters. The lowest BCUT2D eigenvalue weighted by atomic mass is 10.1. The molecular formula is C19H23NO3S. The van der Waals surface area contributed by atoms with Gasteiger partial charge in [-0.3, -0.25) is 4.79 Å². The average Bonchev–Trinajstić information content (AvgIpc) is 2.58. The quantitative estimate of drug-likeness (QED) is 0.733. The summed E-state index contributed by atoms with van der Waals surface area (Å²) in [4.78, 5) is 12.0. The van der Waals surface area contributed by atoms with Crippen LogP contribution in [0.15, 0.2) is 42.5 Å². The smallest absolute Gasteiger partial charge is 0.234 e. The van der Waals surface area contributed by atoms with Crippen LogP contribution in [0.5, 0.6) is 11.5 Å². The first kappa shape index (κ1) is 18.2. The third-order valence-corrected chi connectivity index (χ3v) is 4.46. The summed E-state index contributed by atoms with van der Waals surface area (Å²) in [7, 11) is 1.63. The van der Waals surface area contributed by atoms with Crippen molar-refractivity contribution in [1.29, 1.82) is 0 Å². The van der Waals surface area contributed by atoms with Crippen molar-refractivity contribution in [2.75, 3.05) is 30.5 Å². The van der Waals surface area contributed by atoms with Gasteiger partial charge < -0.3 is 14.8 Å². The molecule has 1 N–H and O–H groups in total. The summed E-state index contributed by atoms with van der Waals surface area (Å²) in [5, 5.41) is 2.99. The van der Waals surface area contributed by atoms with E-state index in [0.717, 1.165) is 34.1 Å². The summed E-state index contributed by atoms with van der Waals surface area (Å²) < 4.78 is 10.7. The number of para-hydroxylation sites is 1. The van der Waals surface area contributed by atoms with E-state index in [9.17, 15) is 4.79 Å². The number of thioether (sulfide) groups is 1. The Labute approximate surface area is 147 Å². The van der Waals surface area contributed by atoms with Gasteiger partial charge in [0, 0.05) is 11.4 Å². The van der Waals surface area contributed by atoms with Crippen LogP contribution in [0.2, 0.25) is 0 Å². The highest BCUT2D eigenvalue weighted by Crippen LogP contribution is 2.20. The van der Waals surface area contributed by atoms with Gasteiger partial charge in [0.2, 0.25) is 5.91 Å². The highest BCUT2D eigenvalue weighted by atomic mass is 32.2. The Morgan fingerprint density at radius 1 is 1.04 bits per heavy atom. The Morgan fingerprint density at radius 3 is 2.29 bits per heavy atom. The summed E-state index contributed by atoms with van der Waals surface area (Å²) in [6, 6.07) is 13.5. The van der Waals surface area contributed by atoms with Gasteiger partial charge in [-0.1, -0.05) is 18.2 Å². The topological polar surface area (TPSA) is 47.6 Å². The summed E-state index contributed by atoms with van der Waals surface area (Å²) in [5.74, 6) is 2.80. The fourth-order valence-corrected chi connectivity index (χ4v) is 2.85. The number of carbonyl (C=O) groups is 1. The molecule has 2 rings (SSSR count). The molecule has 5 heteroatoms. The Balaban J connectivity index is 1.67. The summed E-state index contributed by atoms with van der Waals surface area (Å²) in [5.41, 5.74) is 3.07. The summed E-state index contributed by atoms with van der Waals surface area (Å²) in [6.07, 6.45) is 0. The second-order valence-corrected chi connectivity index (χ2v) is 6.50. The zero-order valence-corrected chi connectivity index (χ0v) is 15.1. The number of hydrogen-bond donors (Lipinski definition) is 1. The molecule has 0 aromatic heterocycles. The van der Waals surface area contributed by atoms with Gasteiger partial charge in [0.15, 0.2) is 0 Å². The van der Waals surface area contributed by atoms with Gasteiger partial charge in [-0.2, -0.15) is 0 Å². The maximum Gasteiger partial charge on any atom is 0.234 e. The van der Waals surface area contributed by atoms with Gasteiger partial charge in [0.25, 0.3) is 0 Å². The number of amides is 1. The van der Waals surface area contributed by atoms with Crippen LogP contribution in [0.25, 0.3) is 0 Å². The van der Waals surface area contributed by atoms with Gasteiger partial charge in [-0.25, -0.2) is 0 Å². The minimum atomic E-state index is 0.0156. The Kier molecular flexibility index (Phi) is 7.00. The molecule has 128 valence electrons. The van der Waals surface area contributed by atoms with Crippen LogP contribution in [0.1, 0.15) is 11.1 Å². The molecule has 0 aliphatic carbocycles. The van der Waals surface area contributed by atoms with E-state index in [0.29, 0.717) is 12.4 Å². The molecule has 0 atom stereocenters. The van der Waals surface area contributed by atoms with Crippen LogP contribution in [0.4, 0.5) is 5.69 Å². The second kappa shape index (κ2) is 9.23. The molecule has 2 aromatic carbocycles. The van der Waals surface area contributed by atoms with Crippen LogP contribution in [0.3, 0.4) is 0 Å². The first-order valence-corrected chi connectivity index (χ1v) is 8.96. The van der Waals surface area contributed by atoms with Gasteiger partial charge in [0.1, 0.15) is 11.5 Å². The van der Waals surface area contributed by atoms with Crippen molar-refractivity contribution in [2.45, 2.75) is 13.8 Å². The molecule has 0 saturated carbocycles. The van der Waals surface area contributed by atoms with E-state index >= 15 is 0 Å². The zero-order chi connectivity index (χ0) is 17.4. The number of benzene rings is 2. The number of carbonyl (C=O) groups excluding carboxylic acids is 1. The van der Waals surface area contributed by atoms with Crippen LogP contribution in [-0.2, 0) is 4.79 Å². The van der Waals surface area contributed by atoms with E-state index in [1.165, 1.54) is 0 Å². The maximum atomic E-state index is 12.0. The first-order valence-electron chi connectivity index (χ1n) is 7.81. The highest BCUT2D eigenvalue weighted by molar-refractivity contribution is 7.99. The number of ether oxygens (including phenoxy) is 2. The van der Waals surface area contributed by atoms with Gasteiger partial charge in [-0.05, 0) is 49.2 Å². The number of aryl methyl sites for hydroxylation is 2. The molecule has 0 spiro atoms. The fraction of sp³-hybridized carbons (Fsp3) is 0.316. The largest absolute Gasteiger partial charge is 0.497 e. The predicted molar refractivity (Wildman–Crippen MR) is 100 cm³/mol. The monoisotopic (exact) mass is 345 g/mol. The first-order chi connectivity index (χ1) is 11.6. The van der Waals surface area contributed by atoms with Crippen molar-refractivity contribution in [2.24, 2.45) is 0 Å². The van der Waals surface area contributed by atoms with Gasteiger partial charge in [0.05, 0.1) is 19.5 Å². The lowest BCUT2D eigenvalue weighted by Gasteiger charge is -2.11. The Hall–Kier alpha value is -2.14. The van der Waals surface area contributed by atoms with E-state index in [-0.39, 0.29) is 5.91 Å². The lowest BCUT2D eigenvalue weighted by Crippen LogP contribution is -2.16. The van der Waals surface area contributed by atoms with E-state index in [1.807, 2.05) is 56.3 Å². The van der Waals surface area contributed by atoms with E-state index in [2.05, 4.69) is 5.32 Å².